The first-order chi connectivity index (χ1) is 4.81. The van der Waals surface area contributed by atoms with Crippen LogP contribution >= 0.6 is 0 Å². The zero-order valence-electron chi connectivity index (χ0n) is 6.73. The van der Waals surface area contributed by atoms with Crippen LogP contribution in [0.15, 0.2) is 0 Å². The Morgan fingerprint density at radius 3 is 2.50 bits per heavy atom. The first-order valence-electron chi connectivity index (χ1n) is 4.03. The molecule has 0 atom stereocenters. The summed E-state index contributed by atoms with van der Waals surface area (Å²) in [4.78, 5) is 10.6. The van der Waals surface area contributed by atoms with Gasteiger partial charge in [0, 0.05) is 6.42 Å². The minimum absolute atomic E-state index is 0.191. The summed E-state index contributed by atoms with van der Waals surface area (Å²) in [6.07, 6.45) is 5.32. The lowest BCUT2D eigenvalue weighted by molar-refractivity contribution is -0.117. The van der Waals surface area contributed by atoms with Gasteiger partial charge in [-0.15, -0.1) is 0 Å². The standard InChI is InChI=1S/C8H17NO/c1-2-3-4-5-6-8(10)7-9/h2-7,9H2,1H3. The molecule has 0 aliphatic heterocycles. The maximum Gasteiger partial charge on any atom is 0.146 e. The molecule has 0 amide bonds. The molecule has 0 rings (SSSR count). The molecule has 0 spiro atoms. The molecule has 0 aromatic rings. The first kappa shape index (κ1) is 9.63. The number of nitrogens with two attached hydrogens (primary N) is 1. The highest BCUT2D eigenvalue weighted by molar-refractivity contribution is 5.80. The topological polar surface area (TPSA) is 43.1 Å². The summed E-state index contributed by atoms with van der Waals surface area (Å²) < 4.78 is 0. The van der Waals surface area contributed by atoms with Crippen molar-refractivity contribution < 1.29 is 4.79 Å². The maximum atomic E-state index is 10.6. The summed E-state index contributed by atoms with van der Waals surface area (Å²) >= 11 is 0. The highest BCUT2D eigenvalue weighted by Gasteiger charge is 1.96. The van der Waals surface area contributed by atoms with Crippen molar-refractivity contribution in [2.24, 2.45) is 5.73 Å². The van der Waals surface area contributed by atoms with Crippen molar-refractivity contribution in [1.82, 2.24) is 0 Å². The number of unbranched alkanes of at least 4 members (excludes halogenated alkanes) is 3. The zero-order valence-corrected chi connectivity index (χ0v) is 6.73. The third kappa shape index (κ3) is 5.76. The van der Waals surface area contributed by atoms with Gasteiger partial charge < -0.3 is 5.73 Å². The van der Waals surface area contributed by atoms with E-state index in [0.717, 1.165) is 6.42 Å². The summed E-state index contributed by atoms with van der Waals surface area (Å²) in [5.41, 5.74) is 5.14. The van der Waals surface area contributed by atoms with Crippen LogP contribution in [0.4, 0.5) is 0 Å². The normalized spacial score (nSPS) is 9.80. The minimum atomic E-state index is 0.191. The maximum absolute atomic E-state index is 10.6. The Hall–Kier alpha value is -0.370. The molecule has 0 heterocycles. The van der Waals surface area contributed by atoms with Crippen molar-refractivity contribution in [3.05, 3.63) is 0 Å². The predicted molar refractivity (Wildman–Crippen MR) is 42.8 cm³/mol. The number of Topliss-reactive ketones (excluding diaryl/α,β-unsaturated/α-hetero) is 1. The van der Waals surface area contributed by atoms with E-state index in [1.54, 1.807) is 0 Å². The summed E-state index contributed by atoms with van der Waals surface area (Å²) in [7, 11) is 0. The highest BCUT2D eigenvalue weighted by atomic mass is 16.1. The average Bonchev–Trinajstić information content (AvgIpc) is 1.98. The molecule has 0 unspecified atom stereocenters. The molecule has 0 aliphatic carbocycles. The molecule has 0 bridgehead atoms. The third-order valence-corrected chi connectivity index (χ3v) is 1.54. The lowest BCUT2D eigenvalue weighted by atomic mass is 10.1. The molecule has 2 heteroatoms. The van der Waals surface area contributed by atoms with E-state index in [2.05, 4.69) is 6.92 Å². The van der Waals surface area contributed by atoms with Gasteiger partial charge in [0.15, 0.2) is 0 Å². The van der Waals surface area contributed by atoms with Crippen LogP contribution in [0.25, 0.3) is 0 Å². The second kappa shape index (κ2) is 6.75. The molecule has 0 aliphatic rings. The van der Waals surface area contributed by atoms with Crippen molar-refractivity contribution in [2.45, 2.75) is 39.0 Å². The molecular formula is C8H17NO. The van der Waals surface area contributed by atoms with E-state index in [0.29, 0.717) is 6.42 Å². The predicted octanol–water partition coefficient (Wildman–Crippen LogP) is 1.48. The van der Waals surface area contributed by atoms with Crippen LogP contribution < -0.4 is 5.73 Å². The number of hydrogen-bond donors (Lipinski definition) is 1. The molecule has 10 heavy (non-hydrogen) atoms. The van der Waals surface area contributed by atoms with E-state index in [4.69, 9.17) is 5.73 Å². The molecule has 0 fully saturated rings. The fourth-order valence-corrected chi connectivity index (χ4v) is 0.851. The van der Waals surface area contributed by atoms with Crippen molar-refractivity contribution in [3.63, 3.8) is 0 Å². The van der Waals surface area contributed by atoms with E-state index in [1.807, 2.05) is 0 Å². The molecule has 0 radical (unpaired) electrons. The van der Waals surface area contributed by atoms with Gasteiger partial charge in [0.2, 0.25) is 0 Å². The van der Waals surface area contributed by atoms with Crippen LogP contribution in [0.5, 0.6) is 0 Å². The molecular weight excluding hydrogens is 126 g/mol. The molecule has 2 N–H and O–H groups in total. The van der Waals surface area contributed by atoms with E-state index in [9.17, 15) is 4.79 Å². The fraction of sp³-hybridized carbons (Fsp3) is 0.875. The van der Waals surface area contributed by atoms with Gasteiger partial charge in [-0.1, -0.05) is 26.2 Å². The number of carbonyl (C=O) groups excluding carboxylic acids is 1. The van der Waals surface area contributed by atoms with Gasteiger partial charge in [0.1, 0.15) is 5.78 Å². The summed E-state index contributed by atoms with van der Waals surface area (Å²) in [5, 5.41) is 0. The second-order valence-corrected chi connectivity index (χ2v) is 2.55. The average molecular weight is 143 g/mol. The second-order valence-electron chi connectivity index (χ2n) is 2.55. The third-order valence-electron chi connectivity index (χ3n) is 1.54. The monoisotopic (exact) mass is 143 g/mol. The summed E-state index contributed by atoms with van der Waals surface area (Å²) in [5.74, 6) is 0.191. The lowest BCUT2D eigenvalue weighted by Crippen LogP contribution is -2.12. The molecule has 2 nitrogen and oxygen atoms in total. The zero-order chi connectivity index (χ0) is 7.82. The van der Waals surface area contributed by atoms with Gasteiger partial charge in [-0.25, -0.2) is 0 Å². The Morgan fingerprint density at radius 2 is 2.00 bits per heavy atom. The largest absolute Gasteiger partial charge is 0.324 e. The quantitative estimate of drug-likeness (QED) is 0.572. The number of carbonyl (C=O) groups is 1. The van der Waals surface area contributed by atoms with Crippen LogP contribution in [0.1, 0.15) is 39.0 Å². The van der Waals surface area contributed by atoms with Crippen LogP contribution in [0, 0.1) is 0 Å². The van der Waals surface area contributed by atoms with Gasteiger partial charge in [-0.2, -0.15) is 0 Å². The van der Waals surface area contributed by atoms with E-state index in [1.165, 1.54) is 19.3 Å². The van der Waals surface area contributed by atoms with Crippen LogP contribution in [0.2, 0.25) is 0 Å². The Labute approximate surface area is 62.8 Å². The van der Waals surface area contributed by atoms with Gasteiger partial charge in [0.05, 0.1) is 6.54 Å². The van der Waals surface area contributed by atoms with Gasteiger partial charge >= 0.3 is 0 Å². The Morgan fingerprint density at radius 1 is 1.30 bits per heavy atom. The van der Waals surface area contributed by atoms with Crippen LogP contribution in [-0.4, -0.2) is 12.3 Å². The Bertz CT molecular complexity index is 91.3. The summed E-state index contributed by atoms with van der Waals surface area (Å²) in [6, 6.07) is 0. The van der Waals surface area contributed by atoms with Crippen molar-refractivity contribution >= 4 is 5.78 Å². The van der Waals surface area contributed by atoms with E-state index in [-0.39, 0.29) is 12.3 Å². The smallest absolute Gasteiger partial charge is 0.146 e. The molecule has 0 aromatic heterocycles. The van der Waals surface area contributed by atoms with E-state index < -0.39 is 0 Å². The Balaban J connectivity index is 2.96. The van der Waals surface area contributed by atoms with Crippen molar-refractivity contribution in [3.8, 4) is 0 Å². The van der Waals surface area contributed by atoms with Gasteiger partial charge in [0.25, 0.3) is 0 Å². The van der Waals surface area contributed by atoms with E-state index >= 15 is 0 Å². The molecule has 0 saturated carbocycles. The summed E-state index contributed by atoms with van der Waals surface area (Å²) in [6.45, 7) is 2.37. The molecule has 60 valence electrons. The lowest BCUT2D eigenvalue weighted by Gasteiger charge is -1.96. The SMILES string of the molecule is CCCCCCC(=O)CN. The van der Waals surface area contributed by atoms with Gasteiger partial charge in [-0.05, 0) is 6.42 Å². The molecule has 0 aromatic carbocycles. The Kier molecular flexibility index (Phi) is 6.50. The first-order valence-corrected chi connectivity index (χ1v) is 4.03. The minimum Gasteiger partial charge on any atom is -0.324 e. The number of rotatable bonds is 6. The number of hydrogen-bond acceptors (Lipinski definition) is 2. The van der Waals surface area contributed by atoms with Gasteiger partial charge in [-0.3, -0.25) is 4.79 Å². The fourth-order valence-electron chi connectivity index (χ4n) is 0.851. The highest BCUT2D eigenvalue weighted by Crippen LogP contribution is 2.01. The van der Waals surface area contributed by atoms with Crippen LogP contribution in [0.3, 0.4) is 0 Å². The van der Waals surface area contributed by atoms with Crippen molar-refractivity contribution in [1.29, 1.82) is 0 Å². The molecule has 0 saturated heterocycles. The van der Waals surface area contributed by atoms with Crippen LogP contribution in [-0.2, 0) is 4.79 Å². The number of ketones is 1. The van der Waals surface area contributed by atoms with Crippen molar-refractivity contribution in [2.75, 3.05) is 6.54 Å².